The molecule has 0 saturated carbocycles. The van der Waals surface area contributed by atoms with Crippen molar-refractivity contribution in [2.24, 2.45) is 0 Å². The largest absolute Gasteiger partial charge is 0.478 e. The highest BCUT2D eigenvalue weighted by Crippen LogP contribution is 2.14. The summed E-state index contributed by atoms with van der Waals surface area (Å²) in [5.41, 5.74) is 1.23. The van der Waals surface area contributed by atoms with E-state index in [9.17, 15) is 14.0 Å². The maximum atomic E-state index is 13.0. The molecule has 21 heavy (non-hydrogen) atoms. The van der Waals surface area contributed by atoms with Gasteiger partial charge in [-0.2, -0.15) is 0 Å². The van der Waals surface area contributed by atoms with Crippen LogP contribution in [0.3, 0.4) is 0 Å². The number of carbonyl (C=O) groups is 2. The normalized spacial score (nSPS) is 10.2. The van der Waals surface area contributed by atoms with E-state index in [1.165, 1.54) is 30.3 Å². The second-order valence-electron chi connectivity index (χ2n) is 4.31. The Morgan fingerprint density at radius 3 is 2.62 bits per heavy atom. The third-order valence-electron chi connectivity index (χ3n) is 2.80. The number of benzene rings is 2. The lowest BCUT2D eigenvalue weighted by atomic mass is 10.1. The van der Waals surface area contributed by atoms with Crippen molar-refractivity contribution in [1.29, 1.82) is 0 Å². The molecule has 2 rings (SSSR count). The van der Waals surface area contributed by atoms with Gasteiger partial charge in [-0.1, -0.05) is 12.1 Å². The van der Waals surface area contributed by atoms with E-state index >= 15 is 0 Å². The van der Waals surface area contributed by atoms with Gasteiger partial charge in [0, 0.05) is 10.1 Å². The van der Waals surface area contributed by atoms with Crippen molar-refractivity contribution in [3.8, 4) is 0 Å². The summed E-state index contributed by atoms with van der Waals surface area (Å²) in [5.74, 6) is -1.75. The molecular formula is C15H11FINO3. The van der Waals surface area contributed by atoms with Crippen LogP contribution < -0.4 is 5.32 Å². The molecule has 4 nitrogen and oxygen atoms in total. The van der Waals surface area contributed by atoms with Crippen molar-refractivity contribution >= 4 is 34.5 Å². The summed E-state index contributed by atoms with van der Waals surface area (Å²) in [4.78, 5) is 22.9. The van der Waals surface area contributed by atoms with Crippen molar-refractivity contribution < 1.29 is 19.1 Å². The Morgan fingerprint density at radius 2 is 1.95 bits per heavy atom. The number of carbonyl (C=O) groups excluding carboxylic acids is 1. The second kappa shape index (κ2) is 6.66. The molecule has 1 amide bonds. The minimum Gasteiger partial charge on any atom is -0.478 e. The molecule has 0 heterocycles. The Hall–Kier alpha value is -1.96. The first-order valence-corrected chi connectivity index (χ1v) is 7.11. The molecule has 108 valence electrons. The Bertz CT molecular complexity index is 703. The van der Waals surface area contributed by atoms with Gasteiger partial charge in [-0.05, 0) is 58.5 Å². The fourth-order valence-electron chi connectivity index (χ4n) is 1.77. The predicted molar refractivity (Wildman–Crippen MR) is 83.7 cm³/mol. The van der Waals surface area contributed by atoms with E-state index in [0.717, 1.165) is 0 Å². The minimum absolute atomic E-state index is 0.165. The number of carboxylic acid groups (broad SMARTS) is 1. The molecule has 2 N–H and O–H groups in total. The van der Waals surface area contributed by atoms with E-state index in [1.807, 2.05) is 22.6 Å². The van der Waals surface area contributed by atoms with E-state index in [0.29, 0.717) is 14.7 Å². The van der Waals surface area contributed by atoms with Crippen LogP contribution in [0.15, 0.2) is 42.5 Å². The lowest BCUT2D eigenvalue weighted by Crippen LogP contribution is -2.23. The molecule has 2 aromatic rings. The van der Waals surface area contributed by atoms with E-state index in [4.69, 9.17) is 5.11 Å². The molecule has 0 saturated heterocycles. The number of nitrogens with one attached hydrogen (secondary N) is 1. The zero-order chi connectivity index (χ0) is 15.4. The Labute approximate surface area is 134 Å². The smallest absolute Gasteiger partial charge is 0.335 e. The average Bonchev–Trinajstić information content (AvgIpc) is 2.45. The minimum atomic E-state index is -1.02. The molecule has 0 unspecified atom stereocenters. The van der Waals surface area contributed by atoms with E-state index in [1.54, 1.807) is 12.1 Å². The summed E-state index contributed by atoms with van der Waals surface area (Å²) in [6.45, 7) is 0.202. The first kappa shape index (κ1) is 15.4. The van der Waals surface area contributed by atoms with E-state index < -0.39 is 11.8 Å². The third-order valence-corrected chi connectivity index (χ3v) is 3.70. The van der Waals surface area contributed by atoms with Crippen LogP contribution in [0.1, 0.15) is 26.3 Å². The fourth-order valence-corrected chi connectivity index (χ4v) is 2.49. The number of hydrogen-bond donors (Lipinski definition) is 2. The maximum Gasteiger partial charge on any atom is 0.335 e. The number of halogens is 2. The molecule has 0 fully saturated rings. The highest BCUT2D eigenvalue weighted by atomic mass is 127. The molecule has 2 aromatic carbocycles. The van der Waals surface area contributed by atoms with Gasteiger partial charge in [0.2, 0.25) is 0 Å². The van der Waals surface area contributed by atoms with Gasteiger partial charge in [-0.15, -0.1) is 0 Å². The molecule has 0 aliphatic heterocycles. The average molecular weight is 399 g/mol. The lowest BCUT2D eigenvalue weighted by Gasteiger charge is -2.07. The van der Waals surface area contributed by atoms with Crippen molar-refractivity contribution in [3.05, 3.63) is 68.5 Å². The van der Waals surface area contributed by atoms with Gasteiger partial charge >= 0.3 is 5.97 Å². The molecule has 0 spiro atoms. The molecule has 0 aliphatic carbocycles. The molecule has 0 aliphatic rings. The topological polar surface area (TPSA) is 66.4 Å². The summed E-state index contributed by atoms with van der Waals surface area (Å²) < 4.78 is 13.5. The van der Waals surface area contributed by atoms with Crippen LogP contribution in [0.4, 0.5) is 4.39 Å². The van der Waals surface area contributed by atoms with Gasteiger partial charge in [-0.3, -0.25) is 4.79 Å². The van der Waals surface area contributed by atoms with Gasteiger partial charge in [-0.25, -0.2) is 9.18 Å². The molecule has 6 heteroatoms. The third kappa shape index (κ3) is 4.01. The fraction of sp³-hybridized carbons (Fsp3) is 0.0667. The van der Waals surface area contributed by atoms with Crippen LogP contribution in [0.25, 0.3) is 0 Å². The van der Waals surface area contributed by atoms with Crippen LogP contribution in [-0.4, -0.2) is 17.0 Å². The van der Waals surface area contributed by atoms with Gasteiger partial charge in [0.25, 0.3) is 5.91 Å². The quantitative estimate of drug-likeness (QED) is 0.777. The van der Waals surface area contributed by atoms with Gasteiger partial charge in [0.15, 0.2) is 0 Å². The van der Waals surface area contributed by atoms with Crippen LogP contribution in [0.5, 0.6) is 0 Å². The predicted octanol–water partition coefficient (Wildman–Crippen LogP) is 3.06. The van der Waals surface area contributed by atoms with Crippen molar-refractivity contribution in [2.45, 2.75) is 6.54 Å². The van der Waals surface area contributed by atoms with Gasteiger partial charge in [0.05, 0.1) is 11.1 Å². The second-order valence-corrected chi connectivity index (χ2v) is 5.47. The zero-order valence-corrected chi connectivity index (χ0v) is 12.9. The summed E-state index contributed by atoms with van der Waals surface area (Å²) >= 11 is 1.89. The van der Waals surface area contributed by atoms with E-state index in [-0.39, 0.29) is 18.0 Å². The highest BCUT2D eigenvalue weighted by Gasteiger charge is 2.11. The number of hydrogen-bond acceptors (Lipinski definition) is 2. The molecule has 0 bridgehead atoms. The number of amides is 1. The number of aromatic carboxylic acids is 1. The molecule has 0 aromatic heterocycles. The first-order chi connectivity index (χ1) is 9.97. The van der Waals surface area contributed by atoms with Crippen LogP contribution in [0, 0.1) is 9.39 Å². The summed E-state index contributed by atoms with van der Waals surface area (Å²) in [6, 6.07) is 10.2. The SMILES string of the molecule is O=C(O)c1cccc(CNC(=O)c2ccc(F)cc2I)c1. The van der Waals surface area contributed by atoms with Crippen LogP contribution in [-0.2, 0) is 6.54 Å². The summed E-state index contributed by atoms with van der Waals surface area (Å²) in [5, 5.41) is 11.6. The Balaban J connectivity index is 2.07. The van der Waals surface area contributed by atoms with Gasteiger partial charge in [0.1, 0.15) is 5.82 Å². The molecule has 0 atom stereocenters. The van der Waals surface area contributed by atoms with Crippen molar-refractivity contribution in [1.82, 2.24) is 5.32 Å². The number of rotatable bonds is 4. The summed E-state index contributed by atoms with van der Waals surface area (Å²) in [7, 11) is 0. The Kier molecular flexibility index (Phi) is 4.89. The number of carboxylic acids is 1. The van der Waals surface area contributed by atoms with E-state index in [2.05, 4.69) is 5.32 Å². The lowest BCUT2D eigenvalue weighted by molar-refractivity contribution is 0.0696. The Morgan fingerprint density at radius 1 is 1.19 bits per heavy atom. The van der Waals surface area contributed by atoms with Gasteiger partial charge < -0.3 is 10.4 Å². The highest BCUT2D eigenvalue weighted by molar-refractivity contribution is 14.1. The standard InChI is InChI=1S/C15H11FINO3/c16-11-4-5-12(13(17)7-11)14(19)18-8-9-2-1-3-10(6-9)15(20)21/h1-7H,8H2,(H,18,19)(H,20,21). The summed E-state index contributed by atoms with van der Waals surface area (Å²) in [6.07, 6.45) is 0. The van der Waals surface area contributed by atoms with Crippen LogP contribution in [0.2, 0.25) is 0 Å². The van der Waals surface area contributed by atoms with Crippen molar-refractivity contribution in [2.75, 3.05) is 0 Å². The van der Waals surface area contributed by atoms with Crippen molar-refractivity contribution in [3.63, 3.8) is 0 Å². The van der Waals surface area contributed by atoms with Crippen LogP contribution >= 0.6 is 22.6 Å². The molecular weight excluding hydrogens is 388 g/mol. The first-order valence-electron chi connectivity index (χ1n) is 6.03. The maximum absolute atomic E-state index is 13.0. The monoisotopic (exact) mass is 399 g/mol. The molecule has 0 radical (unpaired) electrons. The zero-order valence-electron chi connectivity index (χ0n) is 10.8.